The molecule has 0 unspecified atom stereocenters. The van der Waals surface area contributed by atoms with Gasteiger partial charge in [0.15, 0.2) is 6.04 Å². The topological polar surface area (TPSA) is 45.7 Å². The van der Waals surface area contributed by atoms with E-state index < -0.39 is 0 Å². The third-order valence-corrected chi connectivity index (χ3v) is 4.97. The molecule has 1 aliphatic carbocycles. The number of hydrogen-bond donors (Lipinski definition) is 2. The summed E-state index contributed by atoms with van der Waals surface area (Å²) < 4.78 is 0. The Morgan fingerprint density at radius 3 is 2.36 bits per heavy atom. The lowest BCUT2D eigenvalue weighted by Gasteiger charge is -2.28. The van der Waals surface area contributed by atoms with Gasteiger partial charge in [0.05, 0.1) is 6.04 Å². The van der Waals surface area contributed by atoms with Gasteiger partial charge in [-0.2, -0.15) is 0 Å². The van der Waals surface area contributed by atoms with Gasteiger partial charge in [0.1, 0.15) is 0 Å². The van der Waals surface area contributed by atoms with Gasteiger partial charge in [-0.1, -0.05) is 39.3 Å². The van der Waals surface area contributed by atoms with Gasteiger partial charge in [0.2, 0.25) is 0 Å². The first-order chi connectivity index (χ1) is 10.5. The van der Waals surface area contributed by atoms with Crippen molar-refractivity contribution in [3.8, 4) is 0 Å². The largest absolute Gasteiger partial charge is 0.334 e. The molecule has 0 saturated heterocycles. The highest BCUT2D eigenvalue weighted by molar-refractivity contribution is 5.93. The van der Waals surface area contributed by atoms with E-state index in [1.807, 2.05) is 19.1 Å². The molecule has 0 bridgehead atoms. The number of benzene rings is 1. The van der Waals surface area contributed by atoms with Crippen LogP contribution in [-0.2, 0) is 4.79 Å². The van der Waals surface area contributed by atoms with Crippen LogP contribution in [0.3, 0.4) is 0 Å². The van der Waals surface area contributed by atoms with Gasteiger partial charge in [-0.3, -0.25) is 4.79 Å². The molecule has 3 heteroatoms. The molecule has 3 nitrogen and oxygen atoms in total. The zero-order valence-electron chi connectivity index (χ0n) is 14.4. The van der Waals surface area contributed by atoms with Crippen molar-refractivity contribution in [2.24, 2.45) is 5.92 Å². The molecule has 0 heterocycles. The van der Waals surface area contributed by atoms with Crippen molar-refractivity contribution in [2.75, 3.05) is 5.32 Å². The van der Waals surface area contributed by atoms with Crippen LogP contribution in [0.5, 0.6) is 0 Å². The summed E-state index contributed by atoms with van der Waals surface area (Å²) in [7, 11) is 0. The van der Waals surface area contributed by atoms with E-state index in [1.54, 1.807) is 0 Å². The number of amides is 1. The second kappa shape index (κ2) is 7.77. The lowest BCUT2D eigenvalue weighted by molar-refractivity contribution is -0.714. The molecule has 1 saturated carbocycles. The highest BCUT2D eigenvalue weighted by Gasteiger charge is 2.28. The number of hydrogen-bond acceptors (Lipinski definition) is 1. The van der Waals surface area contributed by atoms with Crippen LogP contribution in [0.4, 0.5) is 5.69 Å². The average molecular weight is 303 g/mol. The number of rotatable bonds is 5. The fraction of sp³-hybridized carbons (Fsp3) is 0.632. The van der Waals surface area contributed by atoms with Crippen molar-refractivity contribution in [3.63, 3.8) is 0 Å². The summed E-state index contributed by atoms with van der Waals surface area (Å²) in [5, 5.41) is 5.31. The number of anilines is 1. The molecule has 2 rings (SSSR count). The van der Waals surface area contributed by atoms with Crippen molar-refractivity contribution in [1.82, 2.24) is 0 Å². The number of carbonyl (C=O) groups is 1. The predicted octanol–water partition coefficient (Wildman–Crippen LogP) is 3.28. The molecule has 3 atom stereocenters. The molecular formula is C19H31N2O+. The molecule has 122 valence electrons. The lowest BCUT2D eigenvalue weighted by atomic mass is 9.85. The van der Waals surface area contributed by atoms with E-state index >= 15 is 0 Å². The Morgan fingerprint density at radius 2 is 1.77 bits per heavy atom. The van der Waals surface area contributed by atoms with Gasteiger partial charge >= 0.3 is 0 Å². The molecule has 1 fully saturated rings. The normalized spacial score (nSPS) is 23.3. The number of carbonyl (C=O) groups excluding carboxylic acids is 1. The quantitative estimate of drug-likeness (QED) is 0.861. The number of quaternary nitrogens is 1. The Morgan fingerprint density at radius 1 is 1.14 bits per heavy atom. The first-order valence-corrected chi connectivity index (χ1v) is 8.73. The Bertz CT molecular complexity index is 481. The maximum absolute atomic E-state index is 12.4. The summed E-state index contributed by atoms with van der Waals surface area (Å²) in [6.45, 7) is 8.68. The summed E-state index contributed by atoms with van der Waals surface area (Å²) in [5.74, 6) is 1.34. The minimum absolute atomic E-state index is 0.0321. The minimum atomic E-state index is -0.0321. The molecule has 0 radical (unpaired) electrons. The first kappa shape index (κ1) is 17.0. The van der Waals surface area contributed by atoms with Crippen molar-refractivity contribution in [2.45, 2.75) is 71.4 Å². The predicted molar refractivity (Wildman–Crippen MR) is 92.0 cm³/mol. The van der Waals surface area contributed by atoms with Crippen LogP contribution in [0.1, 0.15) is 64.9 Å². The van der Waals surface area contributed by atoms with Gasteiger partial charge in [0.25, 0.3) is 5.91 Å². The molecule has 22 heavy (non-hydrogen) atoms. The SMILES string of the molecule is CC(C)c1ccc(NC(=O)[C@H](C)[NH2+][C@H]2CCCC[C@H]2C)cc1. The molecule has 0 spiro atoms. The lowest BCUT2D eigenvalue weighted by Crippen LogP contribution is -2.97. The molecule has 0 aromatic heterocycles. The van der Waals surface area contributed by atoms with E-state index in [4.69, 9.17) is 0 Å². The summed E-state index contributed by atoms with van der Waals surface area (Å²) in [6.07, 6.45) is 5.18. The third kappa shape index (κ3) is 4.57. The van der Waals surface area contributed by atoms with E-state index in [2.05, 4.69) is 43.5 Å². The van der Waals surface area contributed by atoms with Gasteiger partial charge < -0.3 is 10.6 Å². The second-order valence-corrected chi connectivity index (χ2v) is 7.17. The molecule has 1 amide bonds. The van der Waals surface area contributed by atoms with Crippen LogP contribution in [0.15, 0.2) is 24.3 Å². The molecule has 3 N–H and O–H groups in total. The van der Waals surface area contributed by atoms with Crippen LogP contribution < -0.4 is 10.6 Å². The summed E-state index contributed by atoms with van der Waals surface area (Å²) in [4.78, 5) is 12.4. The average Bonchev–Trinajstić information content (AvgIpc) is 2.50. The first-order valence-electron chi connectivity index (χ1n) is 8.73. The summed E-state index contributed by atoms with van der Waals surface area (Å²) in [6, 6.07) is 8.76. The Kier molecular flexibility index (Phi) is 6.01. The van der Waals surface area contributed by atoms with Crippen molar-refractivity contribution >= 4 is 11.6 Å². The number of nitrogens with two attached hydrogens (primary N) is 1. The van der Waals surface area contributed by atoms with Crippen LogP contribution in [0.25, 0.3) is 0 Å². The fourth-order valence-electron chi connectivity index (χ4n) is 3.30. The zero-order valence-corrected chi connectivity index (χ0v) is 14.4. The molecule has 0 aliphatic heterocycles. The van der Waals surface area contributed by atoms with Gasteiger partial charge in [-0.25, -0.2) is 0 Å². The van der Waals surface area contributed by atoms with Crippen LogP contribution in [-0.4, -0.2) is 18.0 Å². The Balaban J connectivity index is 1.87. The highest BCUT2D eigenvalue weighted by Crippen LogP contribution is 2.21. The summed E-state index contributed by atoms with van der Waals surface area (Å²) in [5.41, 5.74) is 2.19. The van der Waals surface area contributed by atoms with Gasteiger partial charge in [-0.15, -0.1) is 0 Å². The van der Waals surface area contributed by atoms with Crippen molar-refractivity contribution < 1.29 is 10.1 Å². The molecule has 1 aromatic carbocycles. The Labute approximate surface area is 134 Å². The minimum Gasteiger partial charge on any atom is -0.334 e. The van der Waals surface area contributed by atoms with E-state index in [9.17, 15) is 4.79 Å². The maximum Gasteiger partial charge on any atom is 0.282 e. The maximum atomic E-state index is 12.4. The monoisotopic (exact) mass is 303 g/mol. The smallest absolute Gasteiger partial charge is 0.282 e. The van der Waals surface area contributed by atoms with E-state index in [0.717, 1.165) is 5.69 Å². The molecule has 1 aliphatic rings. The fourth-order valence-corrected chi connectivity index (χ4v) is 3.30. The van der Waals surface area contributed by atoms with Gasteiger partial charge in [0, 0.05) is 11.6 Å². The van der Waals surface area contributed by atoms with E-state index in [-0.39, 0.29) is 11.9 Å². The second-order valence-electron chi connectivity index (χ2n) is 7.17. The van der Waals surface area contributed by atoms with Crippen LogP contribution >= 0.6 is 0 Å². The van der Waals surface area contributed by atoms with Crippen molar-refractivity contribution in [3.05, 3.63) is 29.8 Å². The molecular weight excluding hydrogens is 272 g/mol. The standard InChI is InChI=1S/C19H30N2O/c1-13(2)16-9-11-17(12-10-16)21-19(22)15(4)20-18-8-6-5-7-14(18)3/h9-15,18,20H,5-8H2,1-4H3,(H,21,22)/p+1/t14-,15+,18+/m1/s1. The third-order valence-electron chi connectivity index (χ3n) is 4.97. The van der Waals surface area contributed by atoms with E-state index in [0.29, 0.717) is 17.9 Å². The number of nitrogens with one attached hydrogen (secondary N) is 1. The van der Waals surface area contributed by atoms with Crippen molar-refractivity contribution in [1.29, 1.82) is 0 Å². The van der Waals surface area contributed by atoms with Crippen LogP contribution in [0, 0.1) is 5.92 Å². The molecule has 1 aromatic rings. The van der Waals surface area contributed by atoms with Gasteiger partial charge in [-0.05, 0) is 49.8 Å². The van der Waals surface area contributed by atoms with E-state index in [1.165, 1.54) is 31.2 Å². The van der Waals surface area contributed by atoms with Crippen LogP contribution in [0.2, 0.25) is 0 Å². The Hall–Kier alpha value is -1.35. The zero-order chi connectivity index (χ0) is 16.1. The highest BCUT2D eigenvalue weighted by atomic mass is 16.2. The summed E-state index contributed by atoms with van der Waals surface area (Å²) >= 11 is 0.